The van der Waals surface area contributed by atoms with E-state index in [4.69, 9.17) is 9.47 Å². The number of piperazine rings is 1. The summed E-state index contributed by atoms with van der Waals surface area (Å²) in [6, 6.07) is 8.22. The minimum atomic E-state index is -4.56. The third-order valence-corrected chi connectivity index (χ3v) is 7.04. The maximum absolute atomic E-state index is 14.0. The van der Waals surface area contributed by atoms with Gasteiger partial charge >= 0.3 is 12.2 Å². The van der Waals surface area contributed by atoms with Crippen molar-refractivity contribution in [3.8, 4) is 17.4 Å². The zero-order chi connectivity index (χ0) is 29.0. The van der Waals surface area contributed by atoms with E-state index in [0.717, 1.165) is 31.3 Å². The van der Waals surface area contributed by atoms with Gasteiger partial charge in [-0.3, -0.25) is 4.90 Å². The van der Waals surface area contributed by atoms with Gasteiger partial charge in [0.2, 0.25) is 5.75 Å². The molecule has 3 N–H and O–H groups in total. The Balaban J connectivity index is 1.26. The molecule has 1 saturated heterocycles. The Kier molecular flexibility index (Phi) is 8.45. The van der Waals surface area contributed by atoms with Crippen LogP contribution in [0.4, 0.5) is 35.2 Å². The van der Waals surface area contributed by atoms with Crippen molar-refractivity contribution >= 4 is 23.2 Å². The van der Waals surface area contributed by atoms with Gasteiger partial charge < -0.3 is 30.3 Å². The Labute approximate surface area is 235 Å². The van der Waals surface area contributed by atoms with E-state index in [-0.39, 0.29) is 23.7 Å². The number of likely N-dealkylation sites (N-methyl/N-ethyl adjacent to an activating group) is 1. The Bertz CT molecular complexity index is 1390. The average molecular weight is 572 g/mol. The lowest BCUT2D eigenvalue weighted by molar-refractivity contribution is -0.138. The zero-order valence-corrected chi connectivity index (χ0v) is 22.8. The molecule has 5 rings (SSSR count). The monoisotopic (exact) mass is 571 g/mol. The molecule has 10 nitrogen and oxygen atoms in total. The number of hydrogen-bond acceptors (Lipinski definition) is 8. The third-order valence-electron chi connectivity index (χ3n) is 7.04. The second kappa shape index (κ2) is 12.2. The number of nitrogens with zero attached hydrogens (tertiary/aromatic N) is 4. The quantitative estimate of drug-likeness (QED) is 0.357. The molecule has 0 spiro atoms. The molecule has 0 radical (unpaired) electrons. The summed E-state index contributed by atoms with van der Waals surface area (Å²) in [5.74, 6) is 1.55. The molecule has 0 unspecified atom stereocenters. The zero-order valence-electron chi connectivity index (χ0n) is 22.8. The summed E-state index contributed by atoms with van der Waals surface area (Å²) >= 11 is 0. The summed E-state index contributed by atoms with van der Waals surface area (Å²) in [5.41, 5.74) is 0.608. The average Bonchev–Trinajstić information content (AvgIpc) is 2.95. The topological polar surface area (TPSA) is 104 Å². The van der Waals surface area contributed by atoms with Gasteiger partial charge in [-0.05, 0) is 42.8 Å². The largest absolute Gasteiger partial charge is 0.483 e. The molecule has 0 aliphatic carbocycles. The Hall–Kier alpha value is -4.10. The Morgan fingerprint density at radius 3 is 2.49 bits per heavy atom. The first-order chi connectivity index (χ1) is 19.7. The minimum Gasteiger partial charge on any atom is -0.483 e. The highest BCUT2D eigenvalue weighted by Crippen LogP contribution is 2.38. The normalized spacial score (nSPS) is 15.8. The van der Waals surface area contributed by atoms with Crippen molar-refractivity contribution in [1.29, 1.82) is 0 Å². The van der Waals surface area contributed by atoms with Gasteiger partial charge in [0, 0.05) is 50.2 Å². The van der Waals surface area contributed by atoms with E-state index in [0.29, 0.717) is 49.2 Å². The van der Waals surface area contributed by atoms with Crippen molar-refractivity contribution in [2.75, 3.05) is 61.8 Å². The third kappa shape index (κ3) is 6.98. The molecule has 1 fully saturated rings. The molecule has 0 bridgehead atoms. The number of rotatable bonds is 7. The maximum atomic E-state index is 14.0. The smallest absolute Gasteiger partial charge is 0.416 e. The van der Waals surface area contributed by atoms with E-state index in [1.54, 1.807) is 18.2 Å². The van der Waals surface area contributed by atoms with Gasteiger partial charge in [0.25, 0.3) is 5.88 Å². The first kappa shape index (κ1) is 28.4. The van der Waals surface area contributed by atoms with Crippen molar-refractivity contribution in [2.24, 2.45) is 0 Å². The number of amides is 2. The molecule has 3 aromatic rings. The van der Waals surface area contributed by atoms with E-state index in [1.807, 2.05) is 11.8 Å². The van der Waals surface area contributed by atoms with Crippen LogP contribution in [0.3, 0.4) is 0 Å². The van der Waals surface area contributed by atoms with Crippen LogP contribution in [0.5, 0.6) is 17.4 Å². The van der Waals surface area contributed by atoms with Gasteiger partial charge in [0.15, 0.2) is 5.82 Å². The Morgan fingerprint density at radius 1 is 1.05 bits per heavy atom. The van der Waals surface area contributed by atoms with Crippen LogP contribution >= 0.6 is 0 Å². The first-order valence-corrected chi connectivity index (χ1v) is 13.4. The molecule has 1 aromatic heterocycles. The van der Waals surface area contributed by atoms with Crippen molar-refractivity contribution in [3.05, 3.63) is 59.4 Å². The summed E-state index contributed by atoms with van der Waals surface area (Å²) < 4.78 is 53.5. The molecule has 2 aliphatic heterocycles. The van der Waals surface area contributed by atoms with E-state index in [1.165, 1.54) is 18.5 Å². The number of hydrogen-bond donors (Lipinski definition) is 3. The molecule has 2 aromatic carbocycles. The van der Waals surface area contributed by atoms with Crippen molar-refractivity contribution in [2.45, 2.75) is 26.6 Å². The molecule has 0 atom stereocenters. The highest BCUT2D eigenvalue weighted by molar-refractivity contribution is 6.00. The predicted molar refractivity (Wildman–Crippen MR) is 149 cm³/mol. The van der Waals surface area contributed by atoms with Crippen LogP contribution in [0, 0.1) is 6.92 Å². The van der Waals surface area contributed by atoms with Crippen molar-refractivity contribution in [1.82, 2.24) is 19.8 Å². The van der Waals surface area contributed by atoms with Crippen LogP contribution in [0.1, 0.15) is 23.6 Å². The summed E-state index contributed by atoms with van der Waals surface area (Å²) in [5, 5.41) is 8.27. The fourth-order valence-corrected chi connectivity index (χ4v) is 4.75. The fourth-order valence-electron chi connectivity index (χ4n) is 4.75. The van der Waals surface area contributed by atoms with Crippen LogP contribution in [-0.2, 0) is 12.7 Å². The lowest BCUT2D eigenvalue weighted by atomic mass is 10.0. The number of carbonyl (C=O) groups is 1. The fraction of sp³-hybridized carbons (Fsp3) is 0.393. The second-order valence-electron chi connectivity index (χ2n) is 9.87. The van der Waals surface area contributed by atoms with Crippen LogP contribution < -0.4 is 25.4 Å². The van der Waals surface area contributed by atoms with Crippen LogP contribution in [0.25, 0.3) is 0 Å². The van der Waals surface area contributed by atoms with Crippen LogP contribution in [-0.4, -0.2) is 71.7 Å². The van der Waals surface area contributed by atoms with Gasteiger partial charge in [-0.1, -0.05) is 19.1 Å². The van der Waals surface area contributed by atoms with E-state index in [2.05, 4.69) is 37.7 Å². The number of benzene rings is 2. The molecule has 3 heterocycles. The van der Waals surface area contributed by atoms with Crippen LogP contribution in [0.15, 0.2) is 42.7 Å². The first-order valence-electron chi connectivity index (χ1n) is 13.4. The standard InChI is InChI=1S/C28H32F3N7O3/c1-3-37-9-11-38(12-10-37)16-19-5-7-20(14-22(19)28(29,30)31)35-27(39)36-21-6-4-18(2)23(15-21)41-26-24-25(33-17-34-26)32-8-13-40-24/h4-7,14-15,17H,3,8-13,16H2,1-2H3,(H,32,33,34)(H2,35,36,39). The number of aryl methyl sites for hydroxylation is 1. The van der Waals surface area contributed by atoms with Gasteiger partial charge in [0.05, 0.1) is 12.1 Å². The van der Waals surface area contributed by atoms with Gasteiger partial charge in [-0.25, -0.2) is 9.78 Å². The molecular formula is C28H32F3N7O3. The molecule has 41 heavy (non-hydrogen) atoms. The molecule has 218 valence electrons. The number of nitrogens with one attached hydrogen (secondary N) is 3. The second-order valence-corrected chi connectivity index (χ2v) is 9.87. The van der Waals surface area contributed by atoms with Crippen molar-refractivity contribution in [3.63, 3.8) is 0 Å². The van der Waals surface area contributed by atoms with E-state index >= 15 is 0 Å². The van der Waals surface area contributed by atoms with E-state index in [9.17, 15) is 18.0 Å². The Morgan fingerprint density at radius 2 is 1.76 bits per heavy atom. The van der Waals surface area contributed by atoms with Crippen molar-refractivity contribution < 1.29 is 27.4 Å². The maximum Gasteiger partial charge on any atom is 0.416 e. The minimum absolute atomic E-state index is 0.0372. The summed E-state index contributed by atoms with van der Waals surface area (Å²) in [6.45, 7) is 9.15. The summed E-state index contributed by atoms with van der Waals surface area (Å²) in [7, 11) is 0. The van der Waals surface area contributed by atoms with Gasteiger partial charge in [0.1, 0.15) is 18.7 Å². The number of ether oxygens (including phenoxy) is 2. The molecule has 0 saturated carbocycles. The molecule has 2 aliphatic rings. The number of carbonyl (C=O) groups excluding carboxylic acids is 1. The summed E-state index contributed by atoms with van der Waals surface area (Å²) in [4.78, 5) is 25.3. The lowest BCUT2D eigenvalue weighted by Gasteiger charge is -2.34. The number of urea groups is 1. The van der Waals surface area contributed by atoms with Gasteiger partial charge in [-0.2, -0.15) is 18.2 Å². The highest BCUT2D eigenvalue weighted by atomic mass is 19.4. The molecule has 13 heteroatoms. The summed E-state index contributed by atoms with van der Waals surface area (Å²) in [6.07, 6.45) is -3.20. The SMILES string of the molecule is CCN1CCN(Cc2ccc(NC(=O)Nc3ccc(C)c(Oc4ncnc5c4OCCN5)c3)cc2C(F)(F)F)CC1. The van der Waals surface area contributed by atoms with Crippen LogP contribution in [0.2, 0.25) is 0 Å². The number of aromatic nitrogens is 2. The lowest BCUT2D eigenvalue weighted by Crippen LogP contribution is -2.45. The number of fused-ring (bicyclic) bond motifs is 1. The molecular weight excluding hydrogens is 539 g/mol. The highest BCUT2D eigenvalue weighted by Gasteiger charge is 2.34. The number of anilines is 3. The van der Waals surface area contributed by atoms with E-state index < -0.39 is 17.8 Å². The predicted octanol–water partition coefficient (Wildman–Crippen LogP) is 5.18. The number of alkyl halides is 3. The number of halogens is 3. The molecule has 2 amide bonds. The van der Waals surface area contributed by atoms with Gasteiger partial charge in [-0.15, -0.1) is 0 Å².